The third kappa shape index (κ3) is 5.57. The summed E-state index contributed by atoms with van der Waals surface area (Å²) < 4.78 is 6.12. The molecule has 0 heterocycles. The Hall–Kier alpha value is 0.747. The Kier molecular flexibility index (Phi) is 6.80. The smallest absolute Gasteiger partial charge is 0.192 e. The summed E-state index contributed by atoms with van der Waals surface area (Å²) in [4.78, 5) is 1.28. The Labute approximate surface area is 107 Å². The molecule has 0 aromatic carbocycles. The van der Waals surface area contributed by atoms with Crippen LogP contribution in [0, 0.1) is 0 Å². The van der Waals surface area contributed by atoms with Gasteiger partial charge in [-0.15, -0.1) is 0 Å². The third-order valence-corrected chi connectivity index (χ3v) is 9.12. The van der Waals surface area contributed by atoms with Gasteiger partial charge in [-0.25, -0.2) is 0 Å². The topological polar surface area (TPSA) is 9.23 Å². The van der Waals surface area contributed by atoms with E-state index in [1.807, 2.05) is 0 Å². The van der Waals surface area contributed by atoms with Gasteiger partial charge in [-0.05, 0) is 49.6 Å². The van der Waals surface area contributed by atoms with Crippen molar-refractivity contribution in [2.75, 3.05) is 6.61 Å². The summed E-state index contributed by atoms with van der Waals surface area (Å²) in [5, 5.41) is 0.293. The molecule has 0 fully saturated rings. The lowest BCUT2D eigenvalue weighted by atomic mass is 10.2. The minimum atomic E-state index is -1.59. The van der Waals surface area contributed by atoms with Gasteiger partial charge >= 0.3 is 0 Å². The zero-order chi connectivity index (χ0) is 12.1. The van der Waals surface area contributed by atoms with E-state index in [9.17, 15) is 0 Å². The summed E-state index contributed by atoms with van der Waals surface area (Å²) in [7, 11) is 0.0287. The Balaban J connectivity index is 4.31. The van der Waals surface area contributed by atoms with Crippen molar-refractivity contribution in [3.05, 3.63) is 11.0 Å². The molecule has 0 spiro atoms. The molecule has 4 heteroatoms. The lowest BCUT2D eigenvalue weighted by Gasteiger charge is -2.36. The predicted molar refractivity (Wildman–Crippen MR) is 78.0 cm³/mol. The first-order valence-corrected chi connectivity index (χ1v) is 10.9. The van der Waals surface area contributed by atoms with E-state index in [-0.39, 0.29) is 0 Å². The Morgan fingerprint density at radius 1 is 1.40 bits per heavy atom. The first kappa shape index (κ1) is 15.7. The second-order valence-electron chi connectivity index (χ2n) is 5.20. The molecule has 0 aliphatic heterocycles. The van der Waals surface area contributed by atoms with Gasteiger partial charge in [0.25, 0.3) is 0 Å². The first-order chi connectivity index (χ1) is 6.74. The Morgan fingerprint density at radius 2 is 1.93 bits per heavy atom. The lowest BCUT2D eigenvalue weighted by molar-refractivity contribution is 0.325. The number of halogens is 1. The van der Waals surface area contributed by atoms with E-state index >= 15 is 0 Å². The van der Waals surface area contributed by atoms with Gasteiger partial charge in [0.15, 0.2) is 8.32 Å². The van der Waals surface area contributed by atoms with Crippen LogP contribution in [0.4, 0.5) is 0 Å². The van der Waals surface area contributed by atoms with E-state index in [1.165, 1.54) is 4.91 Å². The van der Waals surface area contributed by atoms with Crippen LogP contribution < -0.4 is 0 Å². The van der Waals surface area contributed by atoms with Gasteiger partial charge in [0, 0.05) is 4.91 Å². The fraction of sp³-hybridized carbons (Fsp3) is 0.818. The van der Waals surface area contributed by atoms with Gasteiger partial charge in [0.1, 0.15) is 0 Å². The minimum Gasteiger partial charge on any atom is -0.412 e. The summed E-state index contributed by atoms with van der Waals surface area (Å²) >= 11 is 3.42. The normalized spacial score (nSPS) is 14.5. The van der Waals surface area contributed by atoms with E-state index in [0.717, 1.165) is 13.0 Å². The molecule has 0 aromatic rings. The Bertz CT molecular complexity index is 221. The monoisotopic (exact) mass is 310 g/mol. The minimum absolute atomic E-state index is 0.293. The highest BCUT2D eigenvalue weighted by Gasteiger charge is 2.37. The number of rotatable bonds is 5. The molecule has 1 nitrogen and oxygen atoms in total. The summed E-state index contributed by atoms with van der Waals surface area (Å²) in [6.07, 6.45) is 3.28. The van der Waals surface area contributed by atoms with Gasteiger partial charge in [-0.3, -0.25) is 0 Å². The van der Waals surface area contributed by atoms with Gasteiger partial charge in [0.05, 0.1) is 6.61 Å². The molecule has 0 unspecified atom stereocenters. The number of allylic oxidation sites excluding steroid dienone is 1. The fourth-order valence-corrected chi connectivity index (χ4v) is 2.87. The second-order valence-corrected chi connectivity index (χ2v) is 11.7. The molecule has 0 aliphatic carbocycles. The van der Waals surface area contributed by atoms with Crippen molar-refractivity contribution in [3.8, 4) is 0 Å². The van der Waals surface area contributed by atoms with Crippen LogP contribution in [0.1, 0.15) is 34.1 Å². The molecular weight excluding hydrogens is 288 g/mol. The standard InChI is InChI=1S/C11H23BrOSSi/c1-7-8-10(14-12)9-13-15(5,6)11(2,3)4/h8H,7,9H2,1-6H3/b10-8-. The van der Waals surface area contributed by atoms with Crippen molar-refractivity contribution in [2.45, 2.75) is 52.2 Å². The van der Waals surface area contributed by atoms with Crippen LogP contribution in [-0.4, -0.2) is 14.9 Å². The molecule has 90 valence electrons. The summed E-state index contributed by atoms with van der Waals surface area (Å²) in [6, 6.07) is 0. The first-order valence-electron chi connectivity index (χ1n) is 5.36. The molecule has 0 rings (SSSR count). The van der Waals surface area contributed by atoms with Crippen molar-refractivity contribution in [2.24, 2.45) is 0 Å². The van der Waals surface area contributed by atoms with Crippen LogP contribution >= 0.6 is 25.0 Å². The van der Waals surface area contributed by atoms with Crippen LogP contribution in [0.25, 0.3) is 0 Å². The highest BCUT2D eigenvalue weighted by molar-refractivity contribution is 9.50. The van der Waals surface area contributed by atoms with Crippen molar-refractivity contribution in [3.63, 3.8) is 0 Å². The van der Waals surface area contributed by atoms with Gasteiger partial charge in [0.2, 0.25) is 0 Å². The third-order valence-electron chi connectivity index (χ3n) is 2.91. The van der Waals surface area contributed by atoms with Crippen molar-refractivity contribution >= 4 is 33.3 Å². The number of hydrogen-bond donors (Lipinski definition) is 0. The molecule has 0 atom stereocenters. The fourth-order valence-electron chi connectivity index (χ4n) is 0.808. The van der Waals surface area contributed by atoms with E-state index < -0.39 is 8.32 Å². The Morgan fingerprint density at radius 3 is 2.27 bits per heavy atom. The largest absolute Gasteiger partial charge is 0.412 e. The van der Waals surface area contributed by atoms with Crippen LogP contribution in [0.5, 0.6) is 0 Å². The molecule has 0 saturated heterocycles. The maximum absolute atomic E-state index is 6.12. The SMILES string of the molecule is CC/C=C(/CO[Si](C)(C)C(C)(C)C)SBr. The van der Waals surface area contributed by atoms with E-state index in [4.69, 9.17) is 4.43 Å². The molecule has 0 bridgehead atoms. The summed E-state index contributed by atoms with van der Waals surface area (Å²) in [5.74, 6) is 0. The predicted octanol–water partition coefficient (Wildman–Crippen LogP) is 5.35. The van der Waals surface area contributed by atoms with Crippen molar-refractivity contribution < 1.29 is 4.43 Å². The van der Waals surface area contributed by atoms with Crippen LogP contribution in [-0.2, 0) is 4.43 Å². The molecule has 15 heavy (non-hydrogen) atoms. The zero-order valence-electron chi connectivity index (χ0n) is 10.7. The maximum Gasteiger partial charge on any atom is 0.192 e. The molecular formula is C11H23BrOSSi. The average Bonchev–Trinajstić information content (AvgIpc) is 2.10. The van der Waals surface area contributed by atoms with Gasteiger partial charge < -0.3 is 4.43 Å². The van der Waals surface area contributed by atoms with Crippen LogP contribution in [0.3, 0.4) is 0 Å². The average molecular weight is 311 g/mol. The lowest BCUT2D eigenvalue weighted by Crippen LogP contribution is -2.41. The maximum atomic E-state index is 6.12. The van der Waals surface area contributed by atoms with E-state index in [1.54, 1.807) is 10.2 Å². The molecule has 0 radical (unpaired) electrons. The molecule has 0 saturated carbocycles. The van der Waals surface area contributed by atoms with Crippen molar-refractivity contribution in [1.82, 2.24) is 0 Å². The van der Waals surface area contributed by atoms with Crippen LogP contribution in [0.2, 0.25) is 18.1 Å². The van der Waals surface area contributed by atoms with Gasteiger partial charge in [-0.2, -0.15) is 0 Å². The van der Waals surface area contributed by atoms with Gasteiger partial charge in [-0.1, -0.05) is 33.8 Å². The highest BCUT2D eigenvalue weighted by Crippen LogP contribution is 2.37. The van der Waals surface area contributed by atoms with E-state index in [2.05, 4.69) is 61.7 Å². The number of hydrogen-bond acceptors (Lipinski definition) is 2. The van der Waals surface area contributed by atoms with Crippen LogP contribution in [0.15, 0.2) is 11.0 Å². The quantitative estimate of drug-likeness (QED) is 0.633. The highest BCUT2D eigenvalue weighted by atomic mass is 79.9. The van der Waals surface area contributed by atoms with Crippen molar-refractivity contribution in [1.29, 1.82) is 0 Å². The molecule has 0 aromatic heterocycles. The zero-order valence-corrected chi connectivity index (χ0v) is 14.1. The van der Waals surface area contributed by atoms with E-state index in [0.29, 0.717) is 5.04 Å². The molecule has 0 N–H and O–H groups in total. The summed E-state index contributed by atoms with van der Waals surface area (Å²) in [6.45, 7) is 14.3. The molecule has 0 aliphatic rings. The second kappa shape index (κ2) is 6.47. The molecule has 0 amide bonds. The summed E-state index contributed by atoms with van der Waals surface area (Å²) in [5.41, 5.74) is 0.